The molecule has 5 rings (SSSR count). The molecule has 1 unspecified atom stereocenters. The highest BCUT2D eigenvalue weighted by Gasteiger charge is 2.46. The van der Waals surface area contributed by atoms with Crippen molar-refractivity contribution in [1.82, 2.24) is 4.98 Å². The van der Waals surface area contributed by atoms with E-state index in [1.165, 1.54) is 29.2 Å². The first-order valence-corrected chi connectivity index (χ1v) is 10.9. The Balaban J connectivity index is 1.67. The number of non-ortho nitro benzene ring substituents is 1. The van der Waals surface area contributed by atoms with E-state index in [0.29, 0.717) is 27.2 Å². The van der Waals surface area contributed by atoms with E-state index in [2.05, 4.69) is 10.7 Å². The van der Waals surface area contributed by atoms with Crippen LogP contribution < -0.4 is 10.6 Å². The van der Waals surface area contributed by atoms with Gasteiger partial charge < -0.3 is 15.3 Å². The fourth-order valence-electron chi connectivity index (χ4n) is 3.92. The van der Waals surface area contributed by atoms with Crippen LogP contribution >= 0.6 is 11.3 Å². The third-order valence-electron chi connectivity index (χ3n) is 5.46. The number of anilines is 1. The summed E-state index contributed by atoms with van der Waals surface area (Å²) in [4.78, 5) is 42.9. The number of nitrogens with zero attached hydrogens (tertiary/aromatic N) is 3. The molecule has 0 saturated carbocycles. The molecule has 0 bridgehead atoms. The van der Waals surface area contributed by atoms with Crippen LogP contribution in [0.25, 0.3) is 10.2 Å². The number of fused-ring (bicyclic) bond motifs is 1. The standard InChI is InChI=1S/C23H16N4O6S/c1-11-5-8-16(33-11)20(28)18-19(12-3-2-4-13(24)9-12)26(22(30)21(18)29)23-25-15-7-6-14(27(31)32)10-17(15)34-23/h2-10,19,29H,24H2,1H3/p+1. The largest absolute Gasteiger partial charge is 0.503 e. The number of furan rings is 1. The van der Waals surface area contributed by atoms with Gasteiger partial charge in [-0.1, -0.05) is 23.5 Å². The summed E-state index contributed by atoms with van der Waals surface area (Å²) in [7, 11) is 0. The lowest BCUT2D eigenvalue weighted by Gasteiger charge is -2.24. The molecular formula is C23H17N4O6S+. The van der Waals surface area contributed by atoms with Crippen LogP contribution in [0.3, 0.4) is 0 Å². The van der Waals surface area contributed by atoms with Crippen LogP contribution in [0.15, 0.2) is 70.3 Å². The molecule has 0 aliphatic carbocycles. The van der Waals surface area contributed by atoms with Crippen LogP contribution in [0.5, 0.6) is 0 Å². The van der Waals surface area contributed by atoms with Crippen molar-refractivity contribution < 1.29 is 29.8 Å². The van der Waals surface area contributed by atoms with Gasteiger partial charge >= 0.3 is 0 Å². The van der Waals surface area contributed by atoms with Gasteiger partial charge in [0, 0.05) is 18.2 Å². The molecule has 1 amide bonds. The second kappa shape index (κ2) is 7.90. The fourth-order valence-corrected chi connectivity index (χ4v) is 4.95. The van der Waals surface area contributed by atoms with Crippen molar-refractivity contribution in [3.8, 4) is 0 Å². The molecule has 3 heterocycles. The molecule has 0 saturated heterocycles. The van der Waals surface area contributed by atoms with E-state index in [0.717, 1.165) is 11.3 Å². The van der Waals surface area contributed by atoms with Crippen molar-refractivity contribution in [3.05, 3.63) is 93.1 Å². The van der Waals surface area contributed by atoms with E-state index in [1.54, 1.807) is 37.3 Å². The van der Waals surface area contributed by atoms with E-state index in [-0.39, 0.29) is 22.2 Å². The number of hydrogen-bond acceptors (Lipinski definition) is 8. The third kappa shape index (κ3) is 3.43. The number of rotatable bonds is 5. The van der Waals surface area contributed by atoms with Gasteiger partial charge in [-0.05, 0) is 36.8 Å². The Hall–Kier alpha value is -4.35. The van der Waals surface area contributed by atoms with Crippen molar-refractivity contribution >= 4 is 49.8 Å². The molecule has 10 nitrogen and oxygen atoms in total. The monoisotopic (exact) mass is 477 g/mol. The Labute approximate surface area is 195 Å². The highest BCUT2D eigenvalue weighted by Crippen LogP contribution is 2.44. The minimum absolute atomic E-state index is 0.00981. The predicted octanol–water partition coefficient (Wildman–Crippen LogP) is 3.76. The molecule has 0 fully saturated rings. The summed E-state index contributed by atoms with van der Waals surface area (Å²) >= 11 is 1.05. The number of carbonyl (C=O) groups is 2. The predicted molar refractivity (Wildman–Crippen MR) is 123 cm³/mol. The summed E-state index contributed by atoms with van der Waals surface area (Å²) in [6, 6.07) is 13.2. The molecule has 4 N–H and O–H groups in total. The topological polar surface area (TPSA) is 154 Å². The number of hydrogen-bond donors (Lipinski definition) is 2. The number of quaternary nitrogens is 1. The van der Waals surface area contributed by atoms with Gasteiger partial charge in [-0.15, -0.1) is 0 Å². The first-order valence-electron chi connectivity index (χ1n) is 10.1. The lowest BCUT2D eigenvalue weighted by Crippen LogP contribution is -2.40. The molecule has 0 radical (unpaired) electrons. The maximum absolute atomic E-state index is 13.4. The Kier molecular flexibility index (Phi) is 5.00. The molecule has 2 aromatic carbocycles. The van der Waals surface area contributed by atoms with E-state index in [4.69, 9.17) is 4.42 Å². The Morgan fingerprint density at radius 3 is 2.71 bits per heavy atom. The number of aryl methyl sites for hydroxylation is 1. The molecule has 0 spiro atoms. The summed E-state index contributed by atoms with van der Waals surface area (Å²) in [5.74, 6) is -1.64. The van der Waals surface area contributed by atoms with Crippen molar-refractivity contribution in [2.45, 2.75) is 13.0 Å². The number of nitro groups is 1. The zero-order chi connectivity index (χ0) is 24.1. The van der Waals surface area contributed by atoms with Crippen LogP contribution in [0.2, 0.25) is 0 Å². The summed E-state index contributed by atoms with van der Waals surface area (Å²) in [6.45, 7) is 1.68. The average molecular weight is 477 g/mol. The number of benzene rings is 2. The van der Waals surface area contributed by atoms with Gasteiger partial charge in [-0.25, -0.2) is 4.98 Å². The maximum Gasteiger partial charge on any atom is 0.296 e. The number of aliphatic hydroxyl groups is 1. The van der Waals surface area contributed by atoms with Crippen LogP contribution in [0.4, 0.5) is 16.5 Å². The summed E-state index contributed by atoms with van der Waals surface area (Å²) in [5, 5.41) is 22.2. The van der Waals surface area contributed by atoms with Crippen LogP contribution in [-0.2, 0) is 4.79 Å². The number of thiazole rings is 1. The van der Waals surface area contributed by atoms with Crippen LogP contribution in [0, 0.1) is 17.0 Å². The molecule has 11 heteroatoms. The summed E-state index contributed by atoms with van der Waals surface area (Å²) in [5.41, 5.74) is 5.31. The minimum atomic E-state index is -0.998. The number of nitro benzene ring substituents is 1. The molecule has 1 atom stereocenters. The Bertz CT molecular complexity index is 1540. The number of carbonyl (C=O) groups excluding carboxylic acids is 2. The molecule has 4 aromatic rings. The van der Waals surface area contributed by atoms with Gasteiger partial charge in [0.25, 0.3) is 11.6 Å². The quantitative estimate of drug-likeness (QED) is 0.252. The van der Waals surface area contributed by atoms with Crippen LogP contribution in [-0.4, -0.2) is 26.7 Å². The summed E-state index contributed by atoms with van der Waals surface area (Å²) in [6.07, 6.45) is 0. The maximum atomic E-state index is 13.4. The lowest BCUT2D eigenvalue weighted by molar-refractivity contribution is -0.384. The highest BCUT2D eigenvalue weighted by molar-refractivity contribution is 7.22. The number of aromatic nitrogens is 1. The number of Topliss-reactive ketones (excluding diaryl/α,β-unsaturated/α-hetero) is 1. The van der Waals surface area contributed by atoms with E-state index >= 15 is 0 Å². The second-order valence-corrected chi connectivity index (χ2v) is 8.74. The highest BCUT2D eigenvalue weighted by atomic mass is 32.1. The van der Waals surface area contributed by atoms with Gasteiger partial charge in [-0.3, -0.25) is 24.6 Å². The first kappa shape index (κ1) is 21.5. The van der Waals surface area contributed by atoms with Crippen LogP contribution in [0.1, 0.15) is 27.9 Å². The Morgan fingerprint density at radius 2 is 2.03 bits per heavy atom. The van der Waals surface area contributed by atoms with Gasteiger partial charge in [0.1, 0.15) is 11.4 Å². The van der Waals surface area contributed by atoms with Crippen molar-refractivity contribution in [1.29, 1.82) is 0 Å². The van der Waals surface area contributed by atoms with E-state index in [1.807, 2.05) is 0 Å². The zero-order valence-corrected chi connectivity index (χ0v) is 18.5. The van der Waals surface area contributed by atoms with Gasteiger partial charge in [0.15, 0.2) is 16.7 Å². The smallest absolute Gasteiger partial charge is 0.296 e. The van der Waals surface area contributed by atoms with Gasteiger partial charge in [0.2, 0.25) is 5.78 Å². The van der Waals surface area contributed by atoms with Crippen molar-refractivity contribution in [3.63, 3.8) is 0 Å². The molecule has 34 heavy (non-hydrogen) atoms. The average Bonchev–Trinajstić information content (AvgIpc) is 3.49. The normalized spacial score (nSPS) is 16.0. The third-order valence-corrected chi connectivity index (χ3v) is 6.48. The summed E-state index contributed by atoms with van der Waals surface area (Å²) < 4.78 is 5.95. The fraction of sp³-hybridized carbons (Fsp3) is 0.0870. The number of ketones is 1. The number of amides is 1. The Morgan fingerprint density at radius 1 is 1.24 bits per heavy atom. The van der Waals surface area contributed by atoms with Crippen molar-refractivity contribution in [2.75, 3.05) is 4.90 Å². The molecule has 1 aliphatic rings. The zero-order valence-electron chi connectivity index (χ0n) is 17.7. The second-order valence-electron chi connectivity index (χ2n) is 7.73. The molecule has 1 aliphatic heterocycles. The molecular weight excluding hydrogens is 460 g/mol. The molecule has 170 valence electrons. The molecule has 2 aromatic heterocycles. The van der Waals surface area contributed by atoms with Gasteiger partial charge in [-0.2, -0.15) is 0 Å². The van der Waals surface area contributed by atoms with Gasteiger partial charge in [0.05, 0.1) is 26.8 Å². The van der Waals surface area contributed by atoms with E-state index < -0.39 is 28.4 Å². The minimum Gasteiger partial charge on any atom is -0.503 e. The lowest BCUT2D eigenvalue weighted by atomic mass is 9.95. The number of aliphatic hydroxyl groups excluding tert-OH is 1. The first-order chi connectivity index (χ1) is 16.2. The SMILES string of the molecule is Cc1ccc(C(=O)C2=C(O)C(=O)N(c3nc4ccc([N+](=O)[O-])cc4s3)C2c2cccc([NH3+])c2)o1. The van der Waals surface area contributed by atoms with E-state index in [9.17, 15) is 24.8 Å². The van der Waals surface area contributed by atoms with Crippen molar-refractivity contribution in [2.24, 2.45) is 0 Å².